The van der Waals surface area contributed by atoms with Crippen LogP contribution in [-0.4, -0.2) is 74.6 Å². The van der Waals surface area contributed by atoms with Gasteiger partial charge in [-0.25, -0.2) is 0 Å². The van der Waals surface area contributed by atoms with Crippen molar-refractivity contribution in [1.29, 1.82) is 0 Å². The van der Waals surface area contributed by atoms with Crippen LogP contribution in [0.25, 0.3) is 0 Å². The molecule has 2 aliphatic rings. The zero-order chi connectivity index (χ0) is 14.5. The smallest absolute Gasteiger partial charge is 0.237 e. The lowest BCUT2D eigenvalue weighted by Crippen LogP contribution is -2.56. The van der Waals surface area contributed by atoms with E-state index in [0.717, 1.165) is 39.1 Å². The largest absolute Gasteiger partial charge is 0.353 e. The van der Waals surface area contributed by atoms with Gasteiger partial charge in [-0.05, 0) is 39.4 Å². The van der Waals surface area contributed by atoms with Crippen molar-refractivity contribution in [3.8, 4) is 0 Å². The fourth-order valence-corrected chi connectivity index (χ4v) is 3.23. The molecule has 2 N–H and O–H groups in total. The maximum Gasteiger partial charge on any atom is 0.237 e. The Balaban J connectivity index is 1.76. The summed E-state index contributed by atoms with van der Waals surface area (Å²) in [6.45, 7) is 7.18. The summed E-state index contributed by atoms with van der Waals surface area (Å²) < 4.78 is 0. The van der Waals surface area contributed by atoms with E-state index in [1.54, 1.807) is 0 Å². The number of piperazine rings is 1. The van der Waals surface area contributed by atoms with E-state index < -0.39 is 0 Å². The van der Waals surface area contributed by atoms with Gasteiger partial charge in [-0.15, -0.1) is 0 Å². The number of carbonyl (C=O) groups excluding carboxylic acids is 1. The van der Waals surface area contributed by atoms with Gasteiger partial charge in [0.05, 0.1) is 6.04 Å². The summed E-state index contributed by atoms with van der Waals surface area (Å²) in [5, 5.41) is 6.50. The number of piperidine rings is 1. The topological polar surface area (TPSA) is 47.6 Å². The Bertz CT molecular complexity index is 323. The fourth-order valence-electron chi connectivity index (χ4n) is 3.23. The van der Waals surface area contributed by atoms with Gasteiger partial charge >= 0.3 is 0 Å². The molecule has 0 aromatic heterocycles. The molecule has 0 aliphatic carbocycles. The Kier molecular flexibility index (Phi) is 5.81. The molecule has 1 amide bonds. The summed E-state index contributed by atoms with van der Waals surface area (Å²) in [5.74, 6) is 0.889. The van der Waals surface area contributed by atoms with Gasteiger partial charge in [0, 0.05) is 32.2 Å². The Morgan fingerprint density at radius 1 is 1.35 bits per heavy atom. The van der Waals surface area contributed by atoms with Crippen LogP contribution in [0.5, 0.6) is 0 Å². The fraction of sp³-hybridized carbons (Fsp3) is 0.933. The van der Waals surface area contributed by atoms with Gasteiger partial charge < -0.3 is 15.5 Å². The average molecular weight is 282 g/mol. The molecule has 116 valence electrons. The molecule has 0 bridgehead atoms. The highest BCUT2D eigenvalue weighted by atomic mass is 16.2. The van der Waals surface area contributed by atoms with Crippen LogP contribution in [-0.2, 0) is 4.79 Å². The summed E-state index contributed by atoms with van der Waals surface area (Å²) >= 11 is 0. The van der Waals surface area contributed by atoms with Crippen molar-refractivity contribution in [2.75, 3.05) is 46.8 Å². The minimum absolute atomic E-state index is 0.0142. The molecule has 3 unspecified atom stereocenters. The van der Waals surface area contributed by atoms with Crippen LogP contribution in [0.4, 0.5) is 0 Å². The molecule has 3 atom stereocenters. The number of carbonyl (C=O) groups is 1. The monoisotopic (exact) mass is 282 g/mol. The number of hydrogen-bond donors (Lipinski definition) is 2. The highest BCUT2D eigenvalue weighted by molar-refractivity contribution is 5.81. The number of likely N-dealkylation sites (N-methyl/N-ethyl adjacent to an activating group) is 2. The standard InChI is InChI=1S/C15H30N4O/c1-4-12-5-6-16-14(9-12)15(20)17-10-13-11-18(2)7-8-19(13)3/h12-14,16H,4-11H2,1-3H3,(H,17,20). The minimum Gasteiger partial charge on any atom is -0.353 e. The molecular formula is C15H30N4O. The third-order valence-corrected chi connectivity index (χ3v) is 4.90. The average Bonchev–Trinajstić information content (AvgIpc) is 2.48. The molecule has 0 saturated carbocycles. The van der Waals surface area contributed by atoms with Gasteiger partial charge in [-0.3, -0.25) is 9.69 Å². The zero-order valence-electron chi connectivity index (χ0n) is 13.2. The predicted octanol–water partition coefficient (Wildman–Crippen LogP) is 0.127. The summed E-state index contributed by atoms with van der Waals surface area (Å²) in [6, 6.07) is 0.448. The van der Waals surface area contributed by atoms with Gasteiger partial charge in [-0.2, -0.15) is 0 Å². The maximum atomic E-state index is 12.3. The van der Waals surface area contributed by atoms with Crippen molar-refractivity contribution in [2.24, 2.45) is 5.92 Å². The van der Waals surface area contributed by atoms with Crippen LogP contribution >= 0.6 is 0 Å². The Morgan fingerprint density at radius 3 is 2.90 bits per heavy atom. The summed E-state index contributed by atoms with van der Waals surface area (Å²) in [5.41, 5.74) is 0. The first-order chi connectivity index (χ1) is 9.60. The van der Waals surface area contributed by atoms with Crippen molar-refractivity contribution < 1.29 is 4.79 Å². The molecule has 0 aromatic rings. The molecule has 20 heavy (non-hydrogen) atoms. The Morgan fingerprint density at radius 2 is 2.15 bits per heavy atom. The number of nitrogens with zero attached hydrogens (tertiary/aromatic N) is 2. The van der Waals surface area contributed by atoms with Crippen LogP contribution in [0.15, 0.2) is 0 Å². The maximum absolute atomic E-state index is 12.3. The van der Waals surface area contributed by atoms with Gasteiger partial charge in [0.15, 0.2) is 0 Å². The van der Waals surface area contributed by atoms with E-state index in [1.165, 1.54) is 12.8 Å². The van der Waals surface area contributed by atoms with Crippen molar-refractivity contribution in [3.05, 3.63) is 0 Å². The van der Waals surface area contributed by atoms with E-state index in [4.69, 9.17) is 0 Å². The highest BCUT2D eigenvalue weighted by Crippen LogP contribution is 2.19. The van der Waals surface area contributed by atoms with Crippen molar-refractivity contribution in [1.82, 2.24) is 20.4 Å². The lowest BCUT2D eigenvalue weighted by molar-refractivity contribution is -0.124. The summed E-state index contributed by atoms with van der Waals surface area (Å²) in [7, 11) is 4.30. The number of hydrogen-bond acceptors (Lipinski definition) is 4. The molecule has 2 heterocycles. The first-order valence-corrected chi connectivity index (χ1v) is 8.00. The van der Waals surface area contributed by atoms with Crippen LogP contribution in [0, 0.1) is 5.92 Å². The second kappa shape index (κ2) is 7.38. The third-order valence-electron chi connectivity index (χ3n) is 4.90. The zero-order valence-corrected chi connectivity index (χ0v) is 13.2. The molecule has 5 heteroatoms. The van der Waals surface area contributed by atoms with Crippen molar-refractivity contribution >= 4 is 5.91 Å². The van der Waals surface area contributed by atoms with E-state index >= 15 is 0 Å². The van der Waals surface area contributed by atoms with Crippen LogP contribution in [0.1, 0.15) is 26.2 Å². The number of amides is 1. The number of nitrogens with one attached hydrogen (secondary N) is 2. The van der Waals surface area contributed by atoms with E-state index in [0.29, 0.717) is 12.0 Å². The molecule has 2 fully saturated rings. The molecule has 2 aliphatic heterocycles. The van der Waals surface area contributed by atoms with E-state index in [1.807, 2.05) is 0 Å². The van der Waals surface area contributed by atoms with Gasteiger partial charge in [0.25, 0.3) is 0 Å². The van der Waals surface area contributed by atoms with Gasteiger partial charge in [-0.1, -0.05) is 13.3 Å². The SMILES string of the molecule is CCC1CCNC(C(=O)NCC2CN(C)CCN2C)C1. The second-order valence-corrected chi connectivity index (χ2v) is 6.45. The first-order valence-electron chi connectivity index (χ1n) is 8.00. The molecule has 2 saturated heterocycles. The quantitative estimate of drug-likeness (QED) is 0.769. The van der Waals surface area contributed by atoms with Crippen molar-refractivity contribution in [2.45, 2.75) is 38.3 Å². The normalized spacial score (nSPS) is 33.0. The van der Waals surface area contributed by atoms with E-state index in [9.17, 15) is 4.79 Å². The van der Waals surface area contributed by atoms with E-state index in [2.05, 4.69) is 41.5 Å². The van der Waals surface area contributed by atoms with Crippen LogP contribution in [0.2, 0.25) is 0 Å². The predicted molar refractivity (Wildman–Crippen MR) is 81.7 cm³/mol. The van der Waals surface area contributed by atoms with Crippen LogP contribution in [0.3, 0.4) is 0 Å². The van der Waals surface area contributed by atoms with Gasteiger partial charge in [0.2, 0.25) is 5.91 Å². The summed E-state index contributed by atoms with van der Waals surface area (Å²) in [6.07, 6.45) is 3.38. The molecule has 0 radical (unpaired) electrons. The minimum atomic E-state index is 0.0142. The van der Waals surface area contributed by atoms with Gasteiger partial charge in [0.1, 0.15) is 0 Å². The lowest BCUT2D eigenvalue weighted by atomic mass is 9.90. The molecule has 0 spiro atoms. The first kappa shape index (κ1) is 15.7. The highest BCUT2D eigenvalue weighted by Gasteiger charge is 2.27. The molecular weight excluding hydrogens is 252 g/mol. The Hall–Kier alpha value is -0.650. The Labute approximate surface area is 123 Å². The third kappa shape index (κ3) is 4.17. The summed E-state index contributed by atoms with van der Waals surface area (Å²) in [4.78, 5) is 17.0. The molecule has 2 rings (SSSR count). The molecule has 0 aromatic carbocycles. The van der Waals surface area contributed by atoms with Crippen molar-refractivity contribution in [3.63, 3.8) is 0 Å². The second-order valence-electron chi connectivity index (χ2n) is 6.45. The lowest BCUT2D eigenvalue weighted by Gasteiger charge is -2.38. The van der Waals surface area contributed by atoms with Crippen LogP contribution < -0.4 is 10.6 Å². The molecule has 5 nitrogen and oxygen atoms in total. The number of rotatable bonds is 4. The van der Waals surface area contributed by atoms with E-state index in [-0.39, 0.29) is 11.9 Å².